The molecule has 0 amide bonds. The Bertz CT molecular complexity index is 760. The molecule has 1 saturated carbocycles. The van der Waals surface area contributed by atoms with Crippen LogP contribution in [0.4, 0.5) is 0 Å². The van der Waals surface area contributed by atoms with Gasteiger partial charge in [-0.1, -0.05) is 91.0 Å². The van der Waals surface area contributed by atoms with Crippen molar-refractivity contribution >= 4 is 5.78 Å². The Hall–Kier alpha value is -2.71. The van der Waals surface area contributed by atoms with Gasteiger partial charge in [-0.15, -0.1) is 0 Å². The maximum atomic E-state index is 11.9. The molecule has 0 saturated heterocycles. The molecule has 1 aliphatic rings. The molecule has 26 heavy (non-hydrogen) atoms. The summed E-state index contributed by atoms with van der Waals surface area (Å²) in [5, 5.41) is 0. The van der Waals surface area contributed by atoms with Crippen LogP contribution in [0.1, 0.15) is 36.0 Å². The van der Waals surface area contributed by atoms with E-state index in [4.69, 9.17) is 4.74 Å². The van der Waals surface area contributed by atoms with Crippen molar-refractivity contribution in [3.63, 3.8) is 0 Å². The van der Waals surface area contributed by atoms with E-state index in [1.54, 1.807) is 0 Å². The fraction of sp³-hybridized carbons (Fsp3) is 0.208. The molecule has 130 valence electrons. The lowest BCUT2D eigenvalue weighted by atomic mass is 9.80. The van der Waals surface area contributed by atoms with Gasteiger partial charge in [-0.25, -0.2) is 0 Å². The van der Waals surface area contributed by atoms with E-state index in [0.717, 1.165) is 23.1 Å². The standard InChI is InChI=1S/C24H22O2/c25-22-16-17-23(18-22)26-24(19-10-4-1-5-11-19,20-12-6-2-7-13-20)21-14-8-3-9-15-21/h1-15,23H,16-18H2. The number of hydrogen-bond donors (Lipinski definition) is 0. The Morgan fingerprint density at radius 3 is 1.46 bits per heavy atom. The second kappa shape index (κ2) is 7.27. The molecule has 0 bridgehead atoms. The third-order valence-electron chi connectivity index (χ3n) is 5.08. The lowest BCUT2D eigenvalue weighted by Gasteiger charge is -2.38. The average molecular weight is 342 g/mol. The van der Waals surface area contributed by atoms with E-state index in [9.17, 15) is 4.79 Å². The summed E-state index contributed by atoms with van der Waals surface area (Å²) in [6.45, 7) is 0. The molecule has 0 aromatic heterocycles. The van der Waals surface area contributed by atoms with Crippen molar-refractivity contribution in [2.45, 2.75) is 31.0 Å². The van der Waals surface area contributed by atoms with Gasteiger partial charge in [0.1, 0.15) is 11.4 Å². The SMILES string of the molecule is O=C1CCC(OC(c2ccccc2)(c2ccccc2)c2ccccc2)C1. The number of hydrogen-bond acceptors (Lipinski definition) is 2. The molecule has 0 radical (unpaired) electrons. The van der Waals surface area contributed by atoms with Gasteiger partial charge in [0.25, 0.3) is 0 Å². The molecule has 1 atom stereocenters. The van der Waals surface area contributed by atoms with Crippen molar-refractivity contribution in [1.82, 2.24) is 0 Å². The normalized spacial score (nSPS) is 17.4. The molecule has 0 aliphatic heterocycles. The van der Waals surface area contributed by atoms with E-state index < -0.39 is 5.60 Å². The van der Waals surface area contributed by atoms with Crippen molar-refractivity contribution in [2.75, 3.05) is 0 Å². The van der Waals surface area contributed by atoms with Gasteiger partial charge in [0.05, 0.1) is 6.10 Å². The largest absolute Gasteiger partial charge is 0.357 e. The van der Waals surface area contributed by atoms with Crippen molar-refractivity contribution < 1.29 is 9.53 Å². The van der Waals surface area contributed by atoms with E-state index in [2.05, 4.69) is 36.4 Å². The minimum atomic E-state index is -0.723. The molecule has 1 unspecified atom stereocenters. The number of benzene rings is 3. The molecule has 0 N–H and O–H groups in total. The van der Waals surface area contributed by atoms with Crippen LogP contribution in [0.15, 0.2) is 91.0 Å². The predicted octanol–water partition coefficient (Wildman–Crippen LogP) is 5.12. The van der Waals surface area contributed by atoms with Gasteiger partial charge in [-0.3, -0.25) is 4.79 Å². The highest BCUT2D eigenvalue weighted by Gasteiger charge is 2.41. The Balaban J connectivity index is 1.92. The number of ketones is 1. The Morgan fingerprint density at radius 2 is 1.12 bits per heavy atom. The third kappa shape index (κ3) is 3.09. The molecule has 2 nitrogen and oxygen atoms in total. The summed E-state index contributed by atoms with van der Waals surface area (Å²) in [7, 11) is 0. The number of carbonyl (C=O) groups excluding carboxylic acids is 1. The number of Topliss-reactive ketones (excluding diaryl/α,β-unsaturated/α-hetero) is 1. The minimum Gasteiger partial charge on any atom is -0.357 e. The zero-order valence-corrected chi connectivity index (χ0v) is 14.7. The van der Waals surface area contributed by atoms with E-state index in [0.29, 0.717) is 12.8 Å². The molecule has 2 heteroatoms. The van der Waals surface area contributed by atoms with E-state index in [1.807, 2.05) is 54.6 Å². The highest BCUT2D eigenvalue weighted by molar-refractivity contribution is 5.81. The van der Waals surface area contributed by atoms with Crippen LogP contribution in [-0.4, -0.2) is 11.9 Å². The number of ether oxygens (including phenoxy) is 1. The fourth-order valence-corrected chi connectivity index (χ4v) is 3.85. The van der Waals surface area contributed by atoms with Crippen LogP contribution < -0.4 is 0 Å². The lowest BCUT2D eigenvalue weighted by Crippen LogP contribution is -2.36. The molecule has 1 aliphatic carbocycles. The first-order valence-corrected chi connectivity index (χ1v) is 9.15. The summed E-state index contributed by atoms with van der Waals surface area (Å²) >= 11 is 0. The number of rotatable bonds is 5. The topological polar surface area (TPSA) is 26.3 Å². The first-order chi connectivity index (χ1) is 12.8. The summed E-state index contributed by atoms with van der Waals surface area (Å²) in [6, 6.07) is 30.9. The quantitative estimate of drug-likeness (QED) is 0.602. The lowest BCUT2D eigenvalue weighted by molar-refractivity contribution is -0.119. The van der Waals surface area contributed by atoms with Gasteiger partial charge < -0.3 is 4.74 Å². The maximum absolute atomic E-state index is 11.9. The molecule has 1 fully saturated rings. The van der Waals surface area contributed by atoms with Gasteiger partial charge in [-0.05, 0) is 23.1 Å². The first kappa shape index (κ1) is 16.7. The van der Waals surface area contributed by atoms with Crippen molar-refractivity contribution in [1.29, 1.82) is 0 Å². The van der Waals surface area contributed by atoms with E-state index in [-0.39, 0.29) is 11.9 Å². The van der Waals surface area contributed by atoms with Gasteiger partial charge in [-0.2, -0.15) is 0 Å². The Morgan fingerprint density at radius 1 is 0.692 bits per heavy atom. The molecular weight excluding hydrogens is 320 g/mol. The van der Waals surface area contributed by atoms with E-state index >= 15 is 0 Å². The predicted molar refractivity (Wildman–Crippen MR) is 103 cm³/mol. The molecule has 3 aromatic rings. The maximum Gasteiger partial charge on any atom is 0.144 e. The van der Waals surface area contributed by atoms with Crippen LogP contribution in [-0.2, 0) is 15.1 Å². The summed E-state index contributed by atoms with van der Waals surface area (Å²) in [4.78, 5) is 11.9. The van der Waals surface area contributed by atoms with Gasteiger partial charge in [0.15, 0.2) is 0 Å². The summed E-state index contributed by atoms with van der Waals surface area (Å²) in [6.07, 6.45) is 1.82. The zero-order chi connectivity index (χ0) is 17.8. The van der Waals surface area contributed by atoms with Crippen LogP contribution in [0, 0.1) is 0 Å². The molecule has 4 rings (SSSR count). The second-order valence-electron chi connectivity index (χ2n) is 6.80. The number of carbonyl (C=O) groups is 1. The third-order valence-corrected chi connectivity index (χ3v) is 5.08. The molecular formula is C24H22O2. The van der Waals surface area contributed by atoms with Crippen molar-refractivity contribution in [3.05, 3.63) is 108 Å². The highest BCUT2D eigenvalue weighted by atomic mass is 16.5. The van der Waals surface area contributed by atoms with Crippen LogP contribution in [0.2, 0.25) is 0 Å². The summed E-state index contributed by atoms with van der Waals surface area (Å²) < 4.78 is 6.81. The molecule has 3 aromatic carbocycles. The van der Waals surface area contributed by atoms with Crippen molar-refractivity contribution in [3.8, 4) is 0 Å². The monoisotopic (exact) mass is 342 g/mol. The van der Waals surface area contributed by atoms with Crippen LogP contribution >= 0.6 is 0 Å². The zero-order valence-electron chi connectivity index (χ0n) is 14.7. The average Bonchev–Trinajstić information content (AvgIpc) is 3.13. The smallest absolute Gasteiger partial charge is 0.144 e. The fourth-order valence-electron chi connectivity index (χ4n) is 3.85. The Labute approximate surface area is 154 Å². The highest BCUT2D eigenvalue weighted by Crippen LogP contribution is 2.43. The minimum absolute atomic E-state index is 0.0666. The van der Waals surface area contributed by atoms with Crippen molar-refractivity contribution in [2.24, 2.45) is 0 Å². The van der Waals surface area contributed by atoms with Gasteiger partial charge >= 0.3 is 0 Å². The first-order valence-electron chi connectivity index (χ1n) is 9.15. The summed E-state index contributed by atoms with van der Waals surface area (Å²) in [5.41, 5.74) is 2.52. The molecule has 0 heterocycles. The molecule has 0 spiro atoms. The van der Waals surface area contributed by atoms with Crippen LogP contribution in [0.25, 0.3) is 0 Å². The summed E-state index contributed by atoms with van der Waals surface area (Å²) in [5.74, 6) is 0.290. The van der Waals surface area contributed by atoms with Gasteiger partial charge in [0.2, 0.25) is 0 Å². The van der Waals surface area contributed by atoms with Gasteiger partial charge in [0, 0.05) is 12.8 Å². The van der Waals surface area contributed by atoms with Crippen LogP contribution in [0.3, 0.4) is 0 Å². The van der Waals surface area contributed by atoms with E-state index in [1.165, 1.54) is 0 Å². The second-order valence-corrected chi connectivity index (χ2v) is 6.80. The van der Waals surface area contributed by atoms with Crippen LogP contribution in [0.5, 0.6) is 0 Å². The Kier molecular flexibility index (Phi) is 4.68.